The summed E-state index contributed by atoms with van der Waals surface area (Å²) in [5.74, 6) is 0.936. The molecule has 0 aromatic heterocycles. The number of benzene rings is 1. The number of hydrogen-bond acceptors (Lipinski definition) is 3. The third-order valence-electron chi connectivity index (χ3n) is 3.17. The predicted octanol–water partition coefficient (Wildman–Crippen LogP) is 3.36. The van der Waals surface area contributed by atoms with Crippen molar-refractivity contribution < 1.29 is 4.74 Å². The van der Waals surface area contributed by atoms with Crippen LogP contribution in [-0.4, -0.2) is 43.7 Å². The lowest BCUT2D eigenvalue weighted by Crippen LogP contribution is -2.49. The number of nitrogens with one attached hydrogen (secondary N) is 1. The number of hydrogen-bond donors (Lipinski definition) is 1. The summed E-state index contributed by atoms with van der Waals surface area (Å²) in [6.45, 7) is 7.54. The van der Waals surface area contributed by atoms with Crippen LogP contribution < -0.4 is 10.1 Å². The third kappa shape index (κ3) is 6.64. The van der Waals surface area contributed by atoms with Crippen molar-refractivity contribution in [2.75, 3.05) is 32.8 Å². The Kier molecular flexibility index (Phi) is 10.7. The molecule has 1 fully saturated rings. The first-order chi connectivity index (χ1) is 8.75. The first kappa shape index (κ1) is 20.0. The summed E-state index contributed by atoms with van der Waals surface area (Å²) in [4.78, 5) is 2.50. The third-order valence-corrected chi connectivity index (χ3v) is 3.82. The average Bonchev–Trinajstić information content (AvgIpc) is 2.37. The van der Waals surface area contributed by atoms with Crippen molar-refractivity contribution in [3.63, 3.8) is 0 Å². The van der Waals surface area contributed by atoms with E-state index < -0.39 is 0 Å². The lowest BCUT2D eigenvalue weighted by atomic mass is 10.2. The first-order valence-electron chi connectivity index (χ1n) is 6.59. The molecule has 0 aliphatic carbocycles. The molecule has 3 nitrogen and oxygen atoms in total. The molecule has 0 spiro atoms. The number of halogens is 3. The number of para-hydroxylation sites is 1. The Morgan fingerprint density at radius 1 is 1.35 bits per heavy atom. The number of piperazine rings is 1. The van der Waals surface area contributed by atoms with Gasteiger partial charge < -0.3 is 15.0 Å². The maximum atomic E-state index is 5.77. The zero-order chi connectivity index (χ0) is 12.8. The van der Waals surface area contributed by atoms with Crippen molar-refractivity contribution in [2.24, 2.45) is 0 Å². The molecule has 0 saturated carbocycles. The summed E-state index contributed by atoms with van der Waals surface area (Å²) < 4.78 is 6.79. The standard InChI is InChI=1S/C14H21BrN2O.2ClH/c1-12-11-17(9-7-16-12)8-4-10-18-14-6-3-2-5-13(14)15;;/h2-3,5-6,12,16H,4,7-11H2,1H3;2*1H/t12-;;/m1../s1. The van der Waals surface area contributed by atoms with Gasteiger partial charge in [-0.3, -0.25) is 0 Å². The van der Waals surface area contributed by atoms with Crippen LogP contribution in [0.5, 0.6) is 5.75 Å². The van der Waals surface area contributed by atoms with E-state index in [0.29, 0.717) is 6.04 Å². The Hall–Kier alpha value is -0.000000000000000111. The van der Waals surface area contributed by atoms with Gasteiger partial charge in [-0.1, -0.05) is 12.1 Å². The van der Waals surface area contributed by atoms with Gasteiger partial charge in [0.15, 0.2) is 0 Å². The van der Waals surface area contributed by atoms with Crippen LogP contribution >= 0.6 is 40.7 Å². The summed E-state index contributed by atoms with van der Waals surface area (Å²) in [5.41, 5.74) is 0. The van der Waals surface area contributed by atoms with Gasteiger partial charge in [0, 0.05) is 32.2 Å². The molecule has 6 heteroatoms. The lowest BCUT2D eigenvalue weighted by molar-refractivity contribution is 0.189. The topological polar surface area (TPSA) is 24.5 Å². The molecule has 1 aliphatic rings. The summed E-state index contributed by atoms with van der Waals surface area (Å²) in [6, 6.07) is 8.62. The monoisotopic (exact) mass is 384 g/mol. The molecule has 1 aromatic rings. The van der Waals surface area contributed by atoms with Crippen LogP contribution in [0.4, 0.5) is 0 Å². The summed E-state index contributed by atoms with van der Waals surface area (Å²) in [5, 5.41) is 3.46. The quantitative estimate of drug-likeness (QED) is 0.786. The van der Waals surface area contributed by atoms with Crippen molar-refractivity contribution in [1.82, 2.24) is 10.2 Å². The first-order valence-corrected chi connectivity index (χ1v) is 7.38. The van der Waals surface area contributed by atoms with E-state index in [4.69, 9.17) is 4.74 Å². The van der Waals surface area contributed by atoms with Gasteiger partial charge in [0.05, 0.1) is 11.1 Å². The van der Waals surface area contributed by atoms with Crippen LogP contribution in [0.2, 0.25) is 0 Å². The van der Waals surface area contributed by atoms with Crippen LogP contribution in [0.25, 0.3) is 0 Å². The van der Waals surface area contributed by atoms with Gasteiger partial charge in [-0.05, 0) is 41.4 Å². The lowest BCUT2D eigenvalue weighted by Gasteiger charge is -2.31. The molecule has 0 unspecified atom stereocenters. The van der Waals surface area contributed by atoms with Crippen LogP contribution in [0, 0.1) is 0 Å². The van der Waals surface area contributed by atoms with E-state index in [1.165, 1.54) is 0 Å². The van der Waals surface area contributed by atoms with Crippen molar-refractivity contribution in [3.05, 3.63) is 28.7 Å². The van der Waals surface area contributed by atoms with Crippen molar-refractivity contribution in [2.45, 2.75) is 19.4 Å². The molecule has 1 atom stereocenters. The Morgan fingerprint density at radius 3 is 2.80 bits per heavy atom. The highest BCUT2D eigenvalue weighted by Crippen LogP contribution is 2.23. The molecule has 1 N–H and O–H groups in total. The fourth-order valence-corrected chi connectivity index (χ4v) is 2.65. The van der Waals surface area contributed by atoms with Crippen molar-refractivity contribution in [1.29, 1.82) is 0 Å². The molecule has 1 aliphatic heterocycles. The van der Waals surface area contributed by atoms with E-state index in [2.05, 4.69) is 33.1 Å². The van der Waals surface area contributed by atoms with Gasteiger partial charge in [-0.25, -0.2) is 0 Å². The zero-order valence-electron chi connectivity index (χ0n) is 11.7. The minimum Gasteiger partial charge on any atom is -0.492 e. The van der Waals surface area contributed by atoms with Crippen LogP contribution in [0.1, 0.15) is 13.3 Å². The number of ether oxygens (including phenoxy) is 1. The molecule has 0 radical (unpaired) electrons. The highest BCUT2D eigenvalue weighted by Gasteiger charge is 2.14. The Labute approximate surface area is 142 Å². The second-order valence-electron chi connectivity index (χ2n) is 4.79. The minimum absolute atomic E-state index is 0. The SMILES string of the molecule is C[C@@H]1CN(CCCOc2ccccc2Br)CCN1.Cl.Cl. The molecule has 1 aromatic carbocycles. The van der Waals surface area contributed by atoms with E-state index in [1.807, 2.05) is 24.3 Å². The van der Waals surface area contributed by atoms with E-state index in [0.717, 1.165) is 49.4 Å². The molecule has 0 bridgehead atoms. The molecule has 2 rings (SSSR count). The van der Waals surface area contributed by atoms with Gasteiger partial charge in [-0.2, -0.15) is 0 Å². The normalized spacial score (nSPS) is 18.8. The summed E-state index contributed by atoms with van der Waals surface area (Å²) in [7, 11) is 0. The largest absolute Gasteiger partial charge is 0.492 e. The van der Waals surface area contributed by atoms with E-state index >= 15 is 0 Å². The molecular weight excluding hydrogens is 363 g/mol. The van der Waals surface area contributed by atoms with Gasteiger partial charge in [0.1, 0.15) is 5.75 Å². The van der Waals surface area contributed by atoms with Gasteiger partial charge in [-0.15, -0.1) is 24.8 Å². The predicted molar refractivity (Wildman–Crippen MR) is 92.7 cm³/mol. The Morgan fingerprint density at radius 2 is 2.10 bits per heavy atom. The average molecular weight is 386 g/mol. The zero-order valence-corrected chi connectivity index (χ0v) is 14.9. The maximum absolute atomic E-state index is 5.77. The smallest absolute Gasteiger partial charge is 0.133 e. The molecule has 0 amide bonds. The highest BCUT2D eigenvalue weighted by atomic mass is 79.9. The fourth-order valence-electron chi connectivity index (χ4n) is 2.25. The fraction of sp³-hybridized carbons (Fsp3) is 0.571. The van der Waals surface area contributed by atoms with Crippen molar-refractivity contribution in [3.8, 4) is 5.75 Å². The van der Waals surface area contributed by atoms with Crippen LogP contribution in [0.3, 0.4) is 0 Å². The van der Waals surface area contributed by atoms with Crippen LogP contribution in [-0.2, 0) is 0 Å². The second kappa shape index (κ2) is 10.7. The molecule has 1 saturated heterocycles. The van der Waals surface area contributed by atoms with Crippen LogP contribution in [0.15, 0.2) is 28.7 Å². The van der Waals surface area contributed by atoms with Crippen molar-refractivity contribution >= 4 is 40.7 Å². The Balaban J connectivity index is 0.00000180. The Bertz CT molecular complexity index is 382. The summed E-state index contributed by atoms with van der Waals surface area (Å²) >= 11 is 3.49. The van der Waals surface area contributed by atoms with E-state index in [1.54, 1.807) is 0 Å². The van der Waals surface area contributed by atoms with Gasteiger partial charge >= 0.3 is 0 Å². The second-order valence-corrected chi connectivity index (χ2v) is 5.64. The van der Waals surface area contributed by atoms with Gasteiger partial charge in [0.2, 0.25) is 0 Å². The van der Waals surface area contributed by atoms with Gasteiger partial charge in [0.25, 0.3) is 0 Å². The number of rotatable bonds is 5. The number of nitrogens with zero attached hydrogens (tertiary/aromatic N) is 1. The minimum atomic E-state index is 0. The molecule has 116 valence electrons. The van der Waals surface area contributed by atoms with E-state index in [-0.39, 0.29) is 24.8 Å². The summed E-state index contributed by atoms with van der Waals surface area (Å²) in [6.07, 6.45) is 1.08. The highest BCUT2D eigenvalue weighted by molar-refractivity contribution is 9.10. The maximum Gasteiger partial charge on any atom is 0.133 e. The molecular formula is C14H23BrCl2N2O. The molecule has 1 heterocycles. The molecule has 20 heavy (non-hydrogen) atoms. The van der Waals surface area contributed by atoms with E-state index in [9.17, 15) is 0 Å².